The molecule has 1 saturated heterocycles. The monoisotopic (exact) mass is 262 g/mol. The van der Waals surface area contributed by atoms with Crippen LogP contribution in [0.15, 0.2) is 18.2 Å². The van der Waals surface area contributed by atoms with Crippen molar-refractivity contribution < 1.29 is 19.1 Å². The summed E-state index contributed by atoms with van der Waals surface area (Å²) in [4.78, 5) is 25.6. The maximum atomic E-state index is 12.2. The molecule has 2 heterocycles. The number of amides is 2. The van der Waals surface area contributed by atoms with Gasteiger partial charge in [-0.15, -0.1) is 0 Å². The minimum Gasteiger partial charge on any atom is -0.398 e. The van der Waals surface area contributed by atoms with Crippen LogP contribution in [0.25, 0.3) is 0 Å². The summed E-state index contributed by atoms with van der Waals surface area (Å²) in [6.07, 6.45) is -0.266. The van der Waals surface area contributed by atoms with E-state index in [1.165, 1.54) is 4.90 Å². The summed E-state index contributed by atoms with van der Waals surface area (Å²) >= 11 is 0. The van der Waals surface area contributed by atoms with Crippen molar-refractivity contribution in [1.29, 1.82) is 0 Å². The van der Waals surface area contributed by atoms with E-state index in [-0.39, 0.29) is 24.5 Å². The molecule has 6 heteroatoms. The van der Waals surface area contributed by atoms with Gasteiger partial charge in [-0.05, 0) is 12.1 Å². The molecule has 2 amide bonds. The smallest absolute Gasteiger partial charge is 0.263 e. The molecule has 1 atom stereocenters. The number of rotatable bonds is 2. The van der Waals surface area contributed by atoms with Gasteiger partial charge in [-0.1, -0.05) is 6.07 Å². The topological polar surface area (TPSA) is 81.9 Å². The lowest BCUT2D eigenvalue weighted by Gasteiger charge is -2.26. The summed E-state index contributed by atoms with van der Waals surface area (Å²) in [5.74, 6) is -0.672. The predicted octanol–water partition coefficient (Wildman–Crippen LogP) is 0.280. The van der Waals surface area contributed by atoms with Gasteiger partial charge in [-0.25, -0.2) is 0 Å². The van der Waals surface area contributed by atoms with Crippen molar-refractivity contribution in [3.8, 4) is 0 Å². The Balaban J connectivity index is 1.84. The number of fused-ring (bicyclic) bond motifs is 1. The third kappa shape index (κ3) is 1.98. The highest BCUT2D eigenvalue weighted by molar-refractivity contribution is 6.23. The van der Waals surface area contributed by atoms with Crippen LogP contribution in [0.4, 0.5) is 5.69 Å². The number of imide groups is 1. The number of benzene rings is 1. The van der Waals surface area contributed by atoms with Crippen LogP contribution in [0.3, 0.4) is 0 Å². The van der Waals surface area contributed by atoms with Crippen molar-refractivity contribution in [3.63, 3.8) is 0 Å². The van der Waals surface area contributed by atoms with Crippen molar-refractivity contribution >= 4 is 17.5 Å². The van der Waals surface area contributed by atoms with E-state index >= 15 is 0 Å². The van der Waals surface area contributed by atoms with E-state index in [1.54, 1.807) is 18.2 Å². The van der Waals surface area contributed by atoms with Gasteiger partial charge in [0.2, 0.25) is 0 Å². The molecule has 0 bridgehead atoms. The minimum atomic E-state index is -0.354. The number of hydrogen-bond donors (Lipinski definition) is 1. The van der Waals surface area contributed by atoms with E-state index in [1.807, 2.05) is 0 Å². The Hall–Kier alpha value is -1.92. The molecule has 1 aromatic rings. The van der Waals surface area contributed by atoms with E-state index in [0.717, 1.165) is 0 Å². The molecule has 2 aliphatic heterocycles. The molecule has 2 aliphatic rings. The largest absolute Gasteiger partial charge is 0.398 e. The second kappa shape index (κ2) is 4.64. The van der Waals surface area contributed by atoms with Gasteiger partial charge in [-0.3, -0.25) is 14.5 Å². The first-order valence-electron chi connectivity index (χ1n) is 6.12. The average Bonchev–Trinajstić information content (AvgIpc) is 2.66. The number of anilines is 1. The molecule has 2 N–H and O–H groups in total. The van der Waals surface area contributed by atoms with Gasteiger partial charge in [0.05, 0.1) is 43.6 Å². The van der Waals surface area contributed by atoms with E-state index < -0.39 is 0 Å². The second-order valence-corrected chi connectivity index (χ2v) is 4.56. The van der Waals surface area contributed by atoms with Gasteiger partial charge in [0.15, 0.2) is 0 Å². The summed E-state index contributed by atoms with van der Waals surface area (Å²) in [6.45, 7) is 1.62. The maximum Gasteiger partial charge on any atom is 0.263 e. The molecule has 0 radical (unpaired) electrons. The lowest BCUT2D eigenvalue weighted by atomic mass is 10.1. The van der Waals surface area contributed by atoms with Gasteiger partial charge >= 0.3 is 0 Å². The van der Waals surface area contributed by atoms with Crippen molar-refractivity contribution in [2.24, 2.45) is 0 Å². The Morgan fingerprint density at radius 2 is 2.11 bits per heavy atom. The average molecular weight is 262 g/mol. The highest BCUT2D eigenvalue weighted by Crippen LogP contribution is 2.27. The number of nitrogen functional groups attached to an aromatic ring is 1. The molecule has 6 nitrogen and oxygen atoms in total. The Labute approximate surface area is 110 Å². The van der Waals surface area contributed by atoms with Gasteiger partial charge in [-0.2, -0.15) is 0 Å². The summed E-state index contributed by atoms with van der Waals surface area (Å²) in [6, 6.07) is 4.90. The number of carbonyl (C=O) groups is 2. The fourth-order valence-corrected chi connectivity index (χ4v) is 2.37. The normalized spacial score (nSPS) is 22.7. The first-order valence-corrected chi connectivity index (χ1v) is 6.12. The quantitative estimate of drug-likeness (QED) is 0.611. The standard InChI is InChI=1S/C13H14N2O4/c14-10-3-1-2-9-11(10)13(17)15(12(9)16)6-8-7-18-4-5-19-8/h1-3,8H,4-7,14H2. The number of carbonyl (C=O) groups excluding carboxylic acids is 2. The SMILES string of the molecule is Nc1cccc2c1C(=O)N(CC1COCCO1)C2=O. The number of ether oxygens (including phenoxy) is 2. The lowest BCUT2D eigenvalue weighted by Crippen LogP contribution is -2.42. The zero-order valence-corrected chi connectivity index (χ0v) is 10.3. The molecule has 1 fully saturated rings. The molecule has 19 heavy (non-hydrogen) atoms. The van der Waals surface area contributed by atoms with Crippen LogP contribution in [-0.2, 0) is 9.47 Å². The van der Waals surface area contributed by atoms with Crippen LogP contribution in [0, 0.1) is 0 Å². The van der Waals surface area contributed by atoms with Crippen molar-refractivity contribution in [2.75, 3.05) is 32.1 Å². The number of hydrogen-bond acceptors (Lipinski definition) is 5. The first kappa shape index (κ1) is 12.1. The Kier molecular flexibility index (Phi) is 2.96. The Bertz CT molecular complexity index is 537. The van der Waals surface area contributed by atoms with Crippen molar-refractivity contribution in [3.05, 3.63) is 29.3 Å². The molecule has 0 spiro atoms. The first-order chi connectivity index (χ1) is 9.18. The fraction of sp³-hybridized carbons (Fsp3) is 0.385. The molecule has 0 aliphatic carbocycles. The number of nitrogens with two attached hydrogens (primary N) is 1. The summed E-state index contributed by atoms with van der Waals surface area (Å²) < 4.78 is 10.7. The molecular weight excluding hydrogens is 248 g/mol. The zero-order chi connectivity index (χ0) is 13.4. The number of nitrogens with zero attached hydrogens (tertiary/aromatic N) is 1. The predicted molar refractivity (Wildman–Crippen MR) is 66.8 cm³/mol. The molecule has 1 unspecified atom stereocenters. The third-order valence-corrected chi connectivity index (χ3v) is 3.30. The van der Waals surface area contributed by atoms with Crippen molar-refractivity contribution in [1.82, 2.24) is 4.90 Å². The van der Waals surface area contributed by atoms with Crippen LogP contribution in [0.5, 0.6) is 0 Å². The minimum absolute atomic E-state index is 0.200. The molecule has 0 aromatic heterocycles. The highest BCUT2D eigenvalue weighted by atomic mass is 16.6. The van der Waals surface area contributed by atoms with Gasteiger partial charge in [0.25, 0.3) is 11.8 Å². The van der Waals surface area contributed by atoms with Crippen LogP contribution in [0.1, 0.15) is 20.7 Å². The van der Waals surface area contributed by atoms with Gasteiger partial charge in [0, 0.05) is 5.69 Å². The zero-order valence-electron chi connectivity index (χ0n) is 10.3. The fourth-order valence-electron chi connectivity index (χ4n) is 2.37. The van der Waals surface area contributed by atoms with E-state index in [0.29, 0.717) is 36.6 Å². The van der Waals surface area contributed by atoms with E-state index in [4.69, 9.17) is 15.2 Å². The summed E-state index contributed by atoms with van der Waals surface area (Å²) in [5, 5.41) is 0. The molecule has 100 valence electrons. The van der Waals surface area contributed by atoms with Crippen LogP contribution in [-0.4, -0.2) is 49.2 Å². The van der Waals surface area contributed by atoms with Gasteiger partial charge in [0.1, 0.15) is 0 Å². The van der Waals surface area contributed by atoms with Gasteiger partial charge < -0.3 is 15.2 Å². The van der Waals surface area contributed by atoms with Crippen LogP contribution in [0.2, 0.25) is 0 Å². The summed E-state index contributed by atoms with van der Waals surface area (Å²) in [7, 11) is 0. The second-order valence-electron chi connectivity index (χ2n) is 4.56. The lowest BCUT2D eigenvalue weighted by molar-refractivity contribution is -0.0923. The molecule has 1 aromatic carbocycles. The third-order valence-electron chi connectivity index (χ3n) is 3.30. The van der Waals surface area contributed by atoms with Crippen LogP contribution >= 0.6 is 0 Å². The molecule has 3 rings (SSSR count). The molecule has 0 saturated carbocycles. The van der Waals surface area contributed by atoms with Crippen molar-refractivity contribution in [2.45, 2.75) is 6.10 Å². The Morgan fingerprint density at radius 3 is 2.79 bits per heavy atom. The highest BCUT2D eigenvalue weighted by Gasteiger charge is 2.38. The van der Waals surface area contributed by atoms with E-state index in [9.17, 15) is 9.59 Å². The Morgan fingerprint density at radius 1 is 1.26 bits per heavy atom. The molecular formula is C13H14N2O4. The maximum absolute atomic E-state index is 12.2. The van der Waals surface area contributed by atoms with E-state index in [2.05, 4.69) is 0 Å². The summed E-state index contributed by atoms with van der Waals surface area (Å²) in [5.41, 5.74) is 6.76. The van der Waals surface area contributed by atoms with Crippen LogP contribution < -0.4 is 5.73 Å².